The van der Waals surface area contributed by atoms with E-state index in [0.29, 0.717) is 38.5 Å². The summed E-state index contributed by atoms with van der Waals surface area (Å²) >= 11 is 0. The third kappa shape index (κ3) is 4.29. The van der Waals surface area contributed by atoms with Gasteiger partial charge in [-0.1, -0.05) is 18.2 Å². The zero-order valence-electron chi connectivity index (χ0n) is 17.8. The van der Waals surface area contributed by atoms with Crippen LogP contribution >= 0.6 is 0 Å². The largest absolute Gasteiger partial charge is 0.383 e. The number of amides is 1. The predicted molar refractivity (Wildman–Crippen MR) is 113 cm³/mol. The molecule has 1 saturated heterocycles. The van der Waals surface area contributed by atoms with Gasteiger partial charge in [-0.2, -0.15) is 15.0 Å². The highest BCUT2D eigenvalue weighted by Gasteiger charge is 2.29. The Morgan fingerprint density at radius 2 is 1.90 bits per heavy atom. The van der Waals surface area contributed by atoms with Gasteiger partial charge in [0.2, 0.25) is 0 Å². The van der Waals surface area contributed by atoms with Gasteiger partial charge in [0.25, 0.3) is 5.91 Å². The van der Waals surface area contributed by atoms with Crippen LogP contribution in [0.25, 0.3) is 5.69 Å². The fourth-order valence-corrected chi connectivity index (χ4v) is 3.93. The maximum atomic E-state index is 12.9. The summed E-state index contributed by atoms with van der Waals surface area (Å²) in [4.78, 5) is 28.7. The number of aromatic nitrogens is 6. The van der Waals surface area contributed by atoms with Crippen molar-refractivity contribution in [1.82, 2.24) is 34.2 Å². The zero-order chi connectivity index (χ0) is 21.8. The van der Waals surface area contributed by atoms with E-state index in [0.717, 1.165) is 24.4 Å². The van der Waals surface area contributed by atoms with Crippen LogP contribution in [-0.4, -0.2) is 67.0 Å². The van der Waals surface area contributed by atoms with Crippen molar-refractivity contribution < 1.29 is 9.53 Å². The third-order valence-corrected chi connectivity index (χ3v) is 5.62. The van der Waals surface area contributed by atoms with E-state index in [1.165, 1.54) is 15.7 Å². The standard InChI is InChI=1S/C21H27N7O3/c1-3-26-19(24-27(21(26)30)13-14-31-2)16-9-11-25(12-10-16)20(29)18-15-22-28(23-18)17-7-5-4-6-8-17/h4-8,15-16H,3,9-14H2,1-2H3. The van der Waals surface area contributed by atoms with Crippen molar-refractivity contribution in [2.24, 2.45) is 0 Å². The van der Waals surface area contributed by atoms with Gasteiger partial charge in [0.15, 0.2) is 5.69 Å². The Morgan fingerprint density at radius 3 is 2.58 bits per heavy atom. The number of carbonyl (C=O) groups excluding carboxylic acids is 1. The van der Waals surface area contributed by atoms with Gasteiger partial charge in [-0.15, -0.1) is 5.10 Å². The second-order valence-corrected chi connectivity index (χ2v) is 7.52. The SMILES string of the molecule is CCn1c(C2CCN(C(=O)c3cnn(-c4ccccc4)n3)CC2)nn(CCOC)c1=O. The molecule has 1 aliphatic rings. The smallest absolute Gasteiger partial charge is 0.345 e. The third-order valence-electron chi connectivity index (χ3n) is 5.62. The molecule has 0 unspecified atom stereocenters. The zero-order valence-corrected chi connectivity index (χ0v) is 17.8. The van der Waals surface area contributed by atoms with Gasteiger partial charge in [-0.25, -0.2) is 9.48 Å². The van der Waals surface area contributed by atoms with Gasteiger partial charge in [0.05, 0.1) is 25.0 Å². The summed E-state index contributed by atoms with van der Waals surface area (Å²) < 4.78 is 8.27. The van der Waals surface area contributed by atoms with E-state index in [9.17, 15) is 9.59 Å². The van der Waals surface area contributed by atoms with Gasteiger partial charge < -0.3 is 9.64 Å². The molecule has 3 heterocycles. The average molecular weight is 425 g/mol. The van der Waals surface area contributed by atoms with Crippen LogP contribution in [0.4, 0.5) is 0 Å². The monoisotopic (exact) mass is 425 g/mol. The van der Waals surface area contributed by atoms with Crippen LogP contribution in [0.1, 0.15) is 42.0 Å². The highest BCUT2D eigenvalue weighted by Crippen LogP contribution is 2.27. The maximum absolute atomic E-state index is 12.9. The van der Waals surface area contributed by atoms with E-state index >= 15 is 0 Å². The van der Waals surface area contributed by atoms with Gasteiger partial charge in [-0.05, 0) is 31.9 Å². The molecule has 0 radical (unpaired) electrons. The number of benzene rings is 1. The summed E-state index contributed by atoms with van der Waals surface area (Å²) in [6.07, 6.45) is 3.01. The first kappa shape index (κ1) is 21.0. The van der Waals surface area contributed by atoms with E-state index in [4.69, 9.17) is 4.74 Å². The van der Waals surface area contributed by atoms with Crippen molar-refractivity contribution >= 4 is 5.91 Å². The number of para-hydroxylation sites is 1. The van der Waals surface area contributed by atoms with Crippen molar-refractivity contribution in [3.05, 3.63) is 58.5 Å². The molecule has 1 aromatic carbocycles. The Kier molecular flexibility index (Phi) is 6.26. The molecule has 1 fully saturated rings. The molecule has 0 N–H and O–H groups in total. The second kappa shape index (κ2) is 9.25. The van der Waals surface area contributed by atoms with E-state index in [-0.39, 0.29) is 17.5 Å². The lowest BCUT2D eigenvalue weighted by molar-refractivity contribution is 0.0703. The molecule has 3 aromatic rings. The van der Waals surface area contributed by atoms with Crippen LogP contribution in [0.2, 0.25) is 0 Å². The van der Waals surface area contributed by atoms with E-state index < -0.39 is 0 Å². The first-order valence-electron chi connectivity index (χ1n) is 10.6. The normalized spacial score (nSPS) is 14.8. The second-order valence-electron chi connectivity index (χ2n) is 7.52. The highest BCUT2D eigenvalue weighted by atomic mass is 16.5. The van der Waals surface area contributed by atoms with Crippen molar-refractivity contribution in [3.8, 4) is 5.69 Å². The fourth-order valence-electron chi connectivity index (χ4n) is 3.93. The summed E-state index contributed by atoms with van der Waals surface area (Å²) in [6.45, 7) is 4.57. The Bertz CT molecular complexity index is 1080. The lowest BCUT2D eigenvalue weighted by Crippen LogP contribution is -2.38. The van der Waals surface area contributed by atoms with Crippen LogP contribution in [0.15, 0.2) is 41.3 Å². The molecule has 1 amide bonds. The topological polar surface area (TPSA) is 100 Å². The van der Waals surface area contributed by atoms with Gasteiger partial charge in [0, 0.05) is 32.7 Å². The molecule has 0 bridgehead atoms. The van der Waals surface area contributed by atoms with Gasteiger partial charge in [-0.3, -0.25) is 9.36 Å². The molecular weight excluding hydrogens is 398 g/mol. The van der Waals surface area contributed by atoms with Crippen molar-refractivity contribution in [2.75, 3.05) is 26.8 Å². The summed E-state index contributed by atoms with van der Waals surface area (Å²) in [5.41, 5.74) is 1.03. The molecule has 10 nitrogen and oxygen atoms in total. The summed E-state index contributed by atoms with van der Waals surface area (Å²) in [5, 5.41) is 13.1. The maximum Gasteiger partial charge on any atom is 0.345 e. The van der Waals surface area contributed by atoms with E-state index in [2.05, 4.69) is 15.3 Å². The van der Waals surface area contributed by atoms with E-state index in [1.807, 2.05) is 37.3 Å². The predicted octanol–water partition coefficient (Wildman–Crippen LogP) is 1.31. The minimum absolute atomic E-state index is 0.106. The molecule has 0 atom stereocenters. The summed E-state index contributed by atoms with van der Waals surface area (Å²) in [5.74, 6) is 0.811. The van der Waals surface area contributed by atoms with Crippen LogP contribution in [0.5, 0.6) is 0 Å². The Morgan fingerprint density at radius 1 is 1.16 bits per heavy atom. The first-order chi connectivity index (χ1) is 15.1. The fraction of sp³-hybridized carbons (Fsp3) is 0.476. The van der Waals surface area contributed by atoms with Gasteiger partial charge >= 0.3 is 5.69 Å². The van der Waals surface area contributed by atoms with E-state index in [1.54, 1.807) is 16.6 Å². The molecule has 164 valence electrons. The van der Waals surface area contributed by atoms with Crippen LogP contribution < -0.4 is 5.69 Å². The Hall–Kier alpha value is -3.27. The number of piperidine rings is 1. The summed E-state index contributed by atoms with van der Waals surface area (Å²) in [6, 6.07) is 9.49. The minimum atomic E-state index is -0.126. The number of methoxy groups -OCH3 is 1. The average Bonchev–Trinajstić information content (AvgIpc) is 3.43. The van der Waals surface area contributed by atoms with Crippen molar-refractivity contribution in [3.63, 3.8) is 0 Å². The highest BCUT2D eigenvalue weighted by molar-refractivity contribution is 5.92. The number of nitrogens with zero attached hydrogens (tertiary/aromatic N) is 7. The first-order valence-corrected chi connectivity index (χ1v) is 10.6. The van der Waals surface area contributed by atoms with Crippen molar-refractivity contribution in [1.29, 1.82) is 0 Å². The molecular formula is C21H27N7O3. The molecule has 0 saturated carbocycles. The molecule has 1 aliphatic heterocycles. The number of hydrogen-bond donors (Lipinski definition) is 0. The molecule has 10 heteroatoms. The number of carbonyl (C=O) groups is 1. The Balaban J connectivity index is 1.43. The lowest BCUT2D eigenvalue weighted by Gasteiger charge is -2.31. The number of likely N-dealkylation sites (tertiary alicyclic amines) is 1. The van der Waals surface area contributed by atoms with Crippen LogP contribution in [-0.2, 0) is 17.8 Å². The molecule has 4 rings (SSSR count). The molecule has 31 heavy (non-hydrogen) atoms. The minimum Gasteiger partial charge on any atom is -0.383 e. The van der Waals surface area contributed by atoms with Gasteiger partial charge in [0.1, 0.15) is 5.82 Å². The Labute approximate surface area is 180 Å². The number of hydrogen-bond acceptors (Lipinski definition) is 6. The van der Waals surface area contributed by atoms with Crippen LogP contribution in [0, 0.1) is 0 Å². The number of rotatable bonds is 7. The lowest BCUT2D eigenvalue weighted by atomic mass is 9.95. The van der Waals surface area contributed by atoms with Crippen molar-refractivity contribution in [2.45, 2.75) is 38.8 Å². The molecule has 2 aromatic heterocycles. The quantitative estimate of drug-likeness (QED) is 0.566. The molecule has 0 aliphatic carbocycles. The summed E-state index contributed by atoms with van der Waals surface area (Å²) in [7, 11) is 1.61. The van der Waals surface area contributed by atoms with Crippen LogP contribution in [0.3, 0.4) is 0 Å². The number of ether oxygens (including phenoxy) is 1. The molecule has 0 spiro atoms.